The molecule has 2 N–H and O–H groups in total. The minimum atomic E-state index is -0.982. The molecule has 7 heteroatoms. The van der Waals surface area contributed by atoms with Crippen LogP contribution in [0.3, 0.4) is 0 Å². The van der Waals surface area contributed by atoms with E-state index in [0.29, 0.717) is 31.3 Å². The van der Waals surface area contributed by atoms with E-state index in [9.17, 15) is 19.5 Å². The molecule has 0 aromatic rings. The predicted octanol–water partition coefficient (Wildman–Crippen LogP) is 0.801. The van der Waals surface area contributed by atoms with E-state index in [0.717, 1.165) is 37.0 Å². The first-order chi connectivity index (χ1) is 11.3. The number of nitrogens with one attached hydrogen (secondary N) is 1. The molecule has 1 heterocycles. The maximum atomic E-state index is 12.8. The van der Waals surface area contributed by atoms with Crippen LogP contribution < -0.4 is 5.32 Å². The normalized spacial score (nSPS) is 41.2. The zero-order valence-corrected chi connectivity index (χ0v) is 13.9. The lowest BCUT2D eigenvalue weighted by Crippen LogP contribution is -2.59. The van der Waals surface area contributed by atoms with Gasteiger partial charge in [-0.3, -0.25) is 14.5 Å². The van der Waals surface area contributed by atoms with Crippen molar-refractivity contribution in [2.75, 3.05) is 13.1 Å². The van der Waals surface area contributed by atoms with E-state index < -0.39 is 29.1 Å². The number of urea groups is 1. The summed E-state index contributed by atoms with van der Waals surface area (Å²) in [4.78, 5) is 37.8. The van der Waals surface area contributed by atoms with Gasteiger partial charge in [0.2, 0.25) is 0 Å². The maximum Gasteiger partial charge on any atom is 0.324 e. The number of hydrogen-bond donors (Lipinski definition) is 2. The largest absolute Gasteiger partial charge is 0.452 e. The monoisotopic (exact) mass is 336 g/mol. The third-order valence-electron chi connectivity index (χ3n) is 6.22. The zero-order valence-electron chi connectivity index (χ0n) is 13.9. The van der Waals surface area contributed by atoms with Gasteiger partial charge in [0.1, 0.15) is 0 Å². The Hall–Kier alpha value is -1.63. The second-order valence-electron chi connectivity index (χ2n) is 8.24. The molecule has 5 atom stereocenters. The standard InChI is InChI=1S/C17H24N2O5/c1-10(13(20)19-3-2-18-15(19)22)24-14(21)16-5-11-4-12(6-16)8-17(23,7-11)9-16/h10-12,23H,2-9H2,1H3,(H,18,22)/t10-,11-,12+,16?,17?/m0/s1. The number of esters is 1. The van der Waals surface area contributed by atoms with Crippen molar-refractivity contribution in [2.24, 2.45) is 17.3 Å². The summed E-state index contributed by atoms with van der Waals surface area (Å²) in [5.74, 6) is -0.115. The summed E-state index contributed by atoms with van der Waals surface area (Å²) in [5.41, 5.74) is -1.40. The average Bonchev–Trinajstić information content (AvgIpc) is 2.89. The van der Waals surface area contributed by atoms with E-state index in [-0.39, 0.29) is 5.97 Å². The molecule has 0 radical (unpaired) electrons. The molecular weight excluding hydrogens is 312 g/mol. The number of carbonyl (C=O) groups excluding carboxylic acids is 3. The molecule has 4 aliphatic carbocycles. The molecule has 5 fully saturated rings. The van der Waals surface area contributed by atoms with Crippen LogP contribution >= 0.6 is 0 Å². The van der Waals surface area contributed by atoms with Crippen molar-refractivity contribution in [1.82, 2.24) is 10.2 Å². The Morgan fingerprint density at radius 2 is 1.96 bits per heavy atom. The first-order valence-corrected chi connectivity index (χ1v) is 8.83. The van der Waals surface area contributed by atoms with Crippen LogP contribution in [0.1, 0.15) is 45.4 Å². The highest BCUT2D eigenvalue weighted by atomic mass is 16.5. The fourth-order valence-electron chi connectivity index (χ4n) is 5.69. The van der Waals surface area contributed by atoms with Gasteiger partial charge >= 0.3 is 12.0 Å². The summed E-state index contributed by atoms with van der Waals surface area (Å²) in [6, 6.07) is -0.438. The topological polar surface area (TPSA) is 95.9 Å². The van der Waals surface area contributed by atoms with E-state index in [2.05, 4.69) is 5.32 Å². The van der Waals surface area contributed by atoms with Crippen molar-refractivity contribution in [2.45, 2.75) is 57.2 Å². The van der Waals surface area contributed by atoms with Gasteiger partial charge in [0.05, 0.1) is 11.0 Å². The number of nitrogens with zero attached hydrogens (tertiary/aromatic N) is 1. The van der Waals surface area contributed by atoms with Gasteiger partial charge in [0.25, 0.3) is 5.91 Å². The molecule has 1 aliphatic heterocycles. The Kier molecular flexibility index (Phi) is 3.43. The van der Waals surface area contributed by atoms with Crippen molar-refractivity contribution in [1.29, 1.82) is 0 Å². The van der Waals surface area contributed by atoms with Crippen LogP contribution in [-0.2, 0) is 14.3 Å². The zero-order chi connectivity index (χ0) is 17.1. The predicted molar refractivity (Wildman–Crippen MR) is 82.7 cm³/mol. The van der Waals surface area contributed by atoms with E-state index in [1.165, 1.54) is 6.92 Å². The van der Waals surface area contributed by atoms with E-state index in [4.69, 9.17) is 4.74 Å². The number of hydrogen-bond acceptors (Lipinski definition) is 5. The van der Waals surface area contributed by atoms with Crippen LogP contribution in [0.4, 0.5) is 4.79 Å². The quantitative estimate of drug-likeness (QED) is 0.743. The van der Waals surface area contributed by atoms with Gasteiger partial charge in [-0.25, -0.2) is 4.79 Å². The molecule has 7 nitrogen and oxygen atoms in total. The number of amides is 3. The van der Waals surface area contributed by atoms with Gasteiger partial charge < -0.3 is 15.2 Å². The first kappa shape index (κ1) is 15.9. The third-order valence-corrected chi connectivity index (χ3v) is 6.22. The Balaban J connectivity index is 1.46. The number of carbonyl (C=O) groups is 3. The number of rotatable bonds is 3. The molecule has 5 rings (SSSR count). The molecule has 24 heavy (non-hydrogen) atoms. The summed E-state index contributed by atoms with van der Waals surface area (Å²) in [6.45, 7) is 2.24. The summed E-state index contributed by atoms with van der Waals surface area (Å²) in [7, 11) is 0. The molecule has 5 aliphatic rings. The van der Waals surface area contributed by atoms with Crippen LogP contribution in [0.25, 0.3) is 0 Å². The first-order valence-electron chi connectivity index (χ1n) is 8.83. The van der Waals surface area contributed by atoms with Crippen molar-refractivity contribution < 1.29 is 24.2 Å². The van der Waals surface area contributed by atoms with Crippen molar-refractivity contribution in [3.8, 4) is 0 Å². The SMILES string of the molecule is C[C@H](OC(=O)C12C[C@@H]3C[C@@H](CC(O)(C3)C1)C2)C(=O)N1CCNC1=O. The Labute approximate surface area is 140 Å². The summed E-state index contributed by atoms with van der Waals surface area (Å²) < 4.78 is 5.48. The van der Waals surface area contributed by atoms with E-state index in [1.54, 1.807) is 0 Å². The van der Waals surface area contributed by atoms with E-state index in [1.807, 2.05) is 0 Å². The van der Waals surface area contributed by atoms with Gasteiger partial charge in [-0.2, -0.15) is 0 Å². The smallest absolute Gasteiger partial charge is 0.324 e. The molecule has 0 aromatic heterocycles. The minimum Gasteiger partial charge on any atom is -0.452 e. The molecule has 4 saturated carbocycles. The average molecular weight is 336 g/mol. The number of imide groups is 1. The summed E-state index contributed by atoms with van der Waals surface area (Å²) in [6.07, 6.45) is 3.59. The molecule has 0 spiro atoms. The second kappa shape index (κ2) is 5.18. The highest BCUT2D eigenvalue weighted by Gasteiger charge is 2.61. The van der Waals surface area contributed by atoms with Gasteiger partial charge in [0, 0.05) is 13.1 Å². The lowest BCUT2D eigenvalue weighted by molar-refractivity contribution is -0.200. The molecule has 0 aromatic carbocycles. The van der Waals surface area contributed by atoms with E-state index >= 15 is 0 Å². The molecule has 3 amide bonds. The summed E-state index contributed by atoms with van der Waals surface area (Å²) in [5, 5.41) is 13.3. The summed E-state index contributed by atoms with van der Waals surface area (Å²) >= 11 is 0. The van der Waals surface area contributed by atoms with Crippen LogP contribution in [-0.4, -0.2) is 52.7 Å². The second-order valence-corrected chi connectivity index (χ2v) is 8.24. The Bertz CT molecular complexity index is 590. The van der Waals surface area contributed by atoms with Gasteiger partial charge in [-0.1, -0.05) is 0 Å². The van der Waals surface area contributed by atoms with Gasteiger partial charge in [-0.15, -0.1) is 0 Å². The van der Waals surface area contributed by atoms with Crippen LogP contribution in [0, 0.1) is 17.3 Å². The maximum absolute atomic E-state index is 12.8. The highest BCUT2D eigenvalue weighted by molar-refractivity contribution is 5.98. The van der Waals surface area contributed by atoms with Gasteiger partial charge in [-0.05, 0) is 57.3 Å². The Morgan fingerprint density at radius 1 is 1.29 bits per heavy atom. The van der Waals surface area contributed by atoms with Crippen LogP contribution in [0.5, 0.6) is 0 Å². The number of aliphatic hydroxyl groups is 1. The third kappa shape index (κ3) is 2.41. The molecule has 1 saturated heterocycles. The number of ether oxygens (including phenoxy) is 1. The van der Waals surface area contributed by atoms with Crippen LogP contribution in [0.15, 0.2) is 0 Å². The molecule has 132 valence electrons. The van der Waals surface area contributed by atoms with Crippen molar-refractivity contribution >= 4 is 17.9 Å². The fraction of sp³-hybridized carbons (Fsp3) is 0.824. The van der Waals surface area contributed by atoms with Gasteiger partial charge in [0.15, 0.2) is 6.10 Å². The Morgan fingerprint density at radius 3 is 2.50 bits per heavy atom. The lowest BCUT2D eigenvalue weighted by atomic mass is 9.48. The highest BCUT2D eigenvalue weighted by Crippen LogP contribution is 2.62. The van der Waals surface area contributed by atoms with Crippen LogP contribution in [0.2, 0.25) is 0 Å². The fourth-order valence-corrected chi connectivity index (χ4v) is 5.69. The molecular formula is C17H24N2O5. The molecule has 2 unspecified atom stereocenters. The lowest BCUT2D eigenvalue weighted by Gasteiger charge is -2.58. The van der Waals surface area contributed by atoms with Crippen molar-refractivity contribution in [3.63, 3.8) is 0 Å². The minimum absolute atomic E-state index is 0.300. The molecule has 4 bridgehead atoms. The van der Waals surface area contributed by atoms with Crippen molar-refractivity contribution in [3.05, 3.63) is 0 Å².